The molecule has 4 fully saturated rings. The molecule has 0 bridgehead atoms. The number of hydrogen-bond donors (Lipinski definition) is 1. The van der Waals surface area contributed by atoms with Crippen molar-refractivity contribution in [2.45, 2.75) is 111 Å². The third-order valence-electron chi connectivity index (χ3n) is 10.2. The Kier molecular flexibility index (Phi) is 5.40. The zero-order chi connectivity index (χ0) is 19.2. The largest absolute Gasteiger partial charge is 0.353 e. The SMILES string of the molecule is CCCC(=O)N[C@@H]1CC[C@@]2(C)C(CCC3C2CC[C@@]2(C)C3CC[C@@H]2CC)C1. The van der Waals surface area contributed by atoms with Crippen LogP contribution in [0.3, 0.4) is 0 Å². The molecule has 27 heavy (non-hydrogen) atoms. The Morgan fingerprint density at radius 3 is 2.41 bits per heavy atom. The van der Waals surface area contributed by atoms with Gasteiger partial charge in [-0.25, -0.2) is 0 Å². The van der Waals surface area contributed by atoms with E-state index in [2.05, 4.69) is 33.0 Å². The smallest absolute Gasteiger partial charge is 0.220 e. The molecule has 0 spiro atoms. The zero-order valence-electron chi connectivity index (χ0n) is 18.4. The van der Waals surface area contributed by atoms with Gasteiger partial charge in [0.2, 0.25) is 5.91 Å². The number of rotatable bonds is 4. The molecule has 0 heterocycles. The monoisotopic (exact) mass is 373 g/mol. The molecule has 8 atom stereocenters. The topological polar surface area (TPSA) is 29.1 Å². The second-order valence-corrected chi connectivity index (χ2v) is 11.2. The van der Waals surface area contributed by atoms with E-state index in [1.807, 2.05) is 0 Å². The van der Waals surface area contributed by atoms with Crippen LogP contribution in [0.25, 0.3) is 0 Å². The number of nitrogens with one attached hydrogen (secondary N) is 1. The molecular weight excluding hydrogens is 330 g/mol. The van der Waals surface area contributed by atoms with Gasteiger partial charge in [0.1, 0.15) is 0 Å². The number of hydrogen-bond acceptors (Lipinski definition) is 1. The molecule has 154 valence electrons. The van der Waals surface area contributed by atoms with E-state index in [0.29, 0.717) is 23.3 Å². The quantitative estimate of drug-likeness (QED) is 0.612. The van der Waals surface area contributed by atoms with E-state index in [-0.39, 0.29) is 5.91 Å². The van der Waals surface area contributed by atoms with Crippen molar-refractivity contribution < 1.29 is 4.79 Å². The Hall–Kier alpha value is -0.530. The summed E-state index contributed by atoms with van der Waals surface area (Å²) in [7, 11) is 0. The minimum absolute atomic E-state index is 0.282. The van der Waals surface area contributed by atoms with Gasteiger partial charge in [0, 0.05) is 12.5 Å². The van der Waals surface area contributed by atoms with Crippen molar-refractivity contribution in [3.05, 3.63) is 0 Å². The number of carbonyl (C=O) groups excluding carboxylic acids is 1. The Labute approximate surface area is 167 Å². The van der Waals surface area contributed by atoms with Gasteiger partial charge in [0.15, 0.2) is 0 Å². The molecule has 2 heteroatoms. The van der Waals surface area contributed by atoms with E-state index in [1.54, 1.807) is 0 Å². The molecule has 0 saturated heterocycles. The molecule has 0 aromatic rings. The maximum Gasteiger partial charge on any atom is 0.220 e. The molecule has 4 saturated carbocycles. The van der Waals surface area contributed by atoms with E-state index in [4.69, 9.17) is 0 Å². The third-order valence-corrected chi connectivity index (χ3v) is 10.2. The van der Waals surface area contributed by atoms with Crippen molar-refractivity contribution in [2.24, 2.45) is 40.4 Å². The van der Waals surface area contributed by atoms with Crippen LogP contribution >= 0.6 is 0 Å². The van der Waals surface area contributed by atoms with E-state index in [0.717, 1.165) is 36.0 Å². The molecule has 0 aromatic carbocycles. The van der Waals surface area contributed by atoms with Crippen LogP contribution in [-0.4, -0.2) is 11.9 Å². The lowest BCUT2D eigenvalue weighted by Gasteiger charge is -2.61. The van der Waals surface area contributed by atoms with Crippen molar-refractivity contribution in [1.82, 2.24) is 5.32 Å². The maximum absolute atomic E-state index is 12.1. The molecule has 4 unspecified atom stereocenters. The standard InChI is InChI=1S/C25H43NO/c1-5-7-23(27)26-19-12-14-25(4)18(16-19)8-10-20-21-11-9-17(6-2)24(21,3)15-13-22(20)25/h17-22H,5-16H2,1-4H3,(H,26,27)/t17-,18?,19+,20?,21?,22?,24+,25-/m0/s1. The Bertz CT molecular complexity index is 559. The van der Waals surface area contributed by atoms with Crippen LogP contribution in [0.2, 0.25) is 0 Å². The van der Waals surface area contributed by atoms with Gasteiger partial charge in [-0.05, 0) is 105 Å². The van der Waals surface area contributed by atoms with Gasteiger partial charge in [0.25, 0.3) is 0 Å². The fourth-order valence-electron chi connectivity index (χ4n) is 8.70. The van der Waals surface area contributed by atoms with E-state index in [9.17, 15) is 4.79 Å². The molecule has 0 aromatic heterocycles. The number of amides is 1. The fraction of sp³-hybridized carbons (Fsp3) is 0.960. The summed E-state index contributed by atoms with van der Waals surface area (Å²) in [5.74, 6) is 5.06. The van der Waals surface area contributed by atoms with Crippen molar-refractivity contribution in [2.75, 3.05) is 0 Å². The Morgan fingerprint density at radius 2 is 1.67 bits per heavy atom. The summed E-state index contributed by atoms with van der Waals surface area (Å²) in [6.07, 6.45) is 15.7. The van der Waals surface area contributed by atoms with Crippen LogP contribution in [0.1, 0.15) is 105 Å². The molecule has 4 rings (SSSR count). The molecule has 2 nitrogen and oxygen atoms in total. The highest BCUT2D eigenvalue weighted by Gasteiger charge is 2.59. The van der Waals surface area contributed by atoms with Crippen molar-refractivity contribution in [3.63, 3.8) is 0 Å². The maximum atomic E-state index is 12.1. The average molecular weight is 374 g/mol. The van der Waals surface area contributed by atoms with Crippen molar-refractivity contribution in [1.29, 1.82) is 0 Å². The predicted octanol–water partition coefficient (Wildman–Crippen LogP) is 6.34. The van der Waals surface area contributed by atoms with Gasteiger partial charge >= 0.3 is 0 Å². The minimum atomic E-state index is 0.282. The minimum Gasteiger partial charge on any atom is -0.353 e. The first-order chi connectivity index (χ1) is 12.9. The van der Waals surface area contributed by atoms with Gasteiger partial charge in [-0.1, -0.05) is 34.1 Å². The first kappa shape index (κ1) is 19.8. The highest BCUT2D eigenvalue weighted by atomic mass is 16.1. The Morgan fingerprint density at radius 1 is 0.926 bits per heavy atom. The van der Waals surface area contributed by atoms with E-state index in [1.165, 1.54) is 64.2 Å². The molecule has 0 radical (unpaired) electrons. The summed E-state index contributed by atoms with van der Waals surface area (Å²) in [5.41, 5.74) is 1.19. The Balaban J connectivity index is 1.46. The summed E-state index contributed by atoms with van der Waals surface area (Å²) in [4.78, 5) is 12.1. The van der Waals surface area contributed by atoms with Gasteiger partial charge in [-0.15, -0.1) is 0 Å². The lowest BCUT2D eigenvalue weighted by Crippen LogP contribution is -2.55. The lowest BCUT2D eigenvalue weighted by atomic mass is 9.44. The summed E-state index contributed by atoms with van der Waals surface area (Å²) in [6, 6.07) is 0.448. The molecular formula is C25H43NO. The zero-order valence-corrected chi connectivity index (χ0v) is 18.4. The third kappa shape index (κ3) is 3.18. The lowest BCUT2D eigenvalue weighted by molar-refractivity contribution is -0.127. The van der Waals surface area contributed by atoms with Crippen LogP contribution in [0.5, 0.6) is 0 Å². The van der Waals surface area contributed by atoms with Crippen molar-refractivity contribution in [3.8, 4) is 0 Å². The molecule has 0 aliphatic heterocycles. The molecule has 4 aliphatic carbocycles. The average Bonchev–Trinajstić information content (AvgIpc) is 2.98. The van der Waals surface area contributed by atoms with Crippen LogP contribution in [0, 0.1) is 40.4 Å². The van der Waals surface area contributed by atoms with Crippen molar-refractivity contribution >= 4 is 5.91 Å². The van der Waals surface area contributed by atoms with Gasteiger partial charge < -0.3 is 5.32 Å². The van der Waals surface area contributed by atoms with Gasteiger partial charge in [-0.3, -0.25) is 4.79 Å². The summed E-state index contributed by atoms with van der Waals surface area (Å²) in [6.45, 7) is 9.83. The molecule has 1 N–H and O–H groups in total. The second-order valence-electron chi connectivity index (χ2n) is 11.2. The number of carbonyl (C=O) groups is 1. The van der Waals surface area contributed by atoms with Gasteiger partial charge in [0.05, 0.1) is 0 Å². The fourth-order valence-corrected chi connectivity index (χ4v) is 8.70. The highest BCUT2D eigenvalue weighted by Crippen LogP contribution is 2.67. The van der Waals surface area contributed by atoms with Crippen LogP contribution in [0.15, 0.2) is 0 Å². The summed E-state index contributed by atoms with van der Waals surface area (Å²) >= 11 is 0. The number of fused-ring (bicyclic) bond motifs is 5. The molecule has 4 aliphatic rings. The summed E-state index contributed by atoms with van der Waals surface area (Å²) < 4.78 is 0. The first-order valence-electron chi connectivity index (χ1n) is 12.2. The predicted molar refractivity (Wildman–Crippen MR) is 112 cm³/mol. The van der Waals surface area contributed by atoms with Gasteiger partial charge in [-0.2, -0.15) is 0 Å². The molecule has 1 amide bonds. The second kappa shape index (κ2) is 7.38. The first-order valence-corrected chi connectivity index (χ1v) is 12.2. The van der Waals surface area contributed by atoms with Crippen LogP contribution < -0.4 is 5.32 Å². The summed E-state index contributed by atoms with van der Waals surface area (Å²) in [5, 5.41) is 3.36. The highest BCUT2D eigenvalue weighted by molar-refractivity contribution is 5.76. The van der Waals surface area contributed by atoms with Crippen LogP contribution in [-0.2, 0) is 4.79 Å². The van der Waals surface area contributed by atoms with E-state index >= 15 is 0 Å². The van der Waals surface area contributed by atoms with Crippen LogP contribution in [0.4, 0.5) is 0 Å². The van der Waals surface area contributed by atoms with E-state index < -0.39 is 0 Å². The normalized spacial score (nSPS) is 49.0.